The Balaban J connectivity index is 2.74. The van der Waals surface area contributed by atoms with Crippen LogP contribution < -0.4 is 5.32 Å². The van der Waals surface area contributed by atoms with Crippen LogP contribution in [-0.4, -0.2) is 28.8 Å². The predicted octanol–water partition coefficient (Wildman–Crippen LogP) is 3.15. The largest absolute Gasteiger partial charge is 0.480 e. The van der Waals surface area contributed by atoms with Gasteiger partial charge in [-0.15, -0.1) is 0 Å². The molecule has 118 valence electrons. The highest BCUT2D eigenvalue weighted by Gasteiger charge is 2.24. The standard InChI is InChI=1S/C14H18N4O4/c1-14(2,3)22-13(21)16-11(12(19)20)8-9-4-6-10(7-5-9)17-18-15/h4-7,11H,8H2,1-3H3,(H,16,21)(H,19,20)/t11-/m0/s1. The van der Waals surface area contributed by atoms with Crippen LogP contribution in [0.2, 0.25) is 0 Å². The molecule has 0 aromatic heterocycles. The number of benzene rings is 1. The Bertz CT molecular complexity index is 586. The maximum atomic E-state index is 11.7. The van der Waals surface area contributed by atoms with Crippen molar-refractivity contribution in [1.82, 2.24) is 5.32 Å². The Kier molecular flexibility index (Phi) is 5.77. The Morgan fingerprint density at radius 2 is 1.95 bits per heavy atom. The van der Waals surface area contributed by atoms with Crippen molar-refractivity contribution in [2.45, 2.75) is 38.8 Å². The topological polar surface area (TPSA) is 124 Å². The van der Waals surface area contributed by atoms with Crippen molar-refractivity contribution in [3.63, 3.8) is 0 Å². The molecule has 1 aromatic carbocycles. The highest BCUT2D eigenvalue weighted by molar-refractivity contribution is 5.80. The molecule has 0 radical (unpaired) electrons. The number of azide groups is 1. The van der Waals surface area contributed by atoms with E-state index in [9.17, 15) is 14.7 Å². The average Bonchev–Trinajstić information content (AvgIpc) is 2.38. The van der Waals surface area contributed by atoms with Gasteiger partial charge in [-0.05, 0) is 31.9 Å². The van der Waals surface area contributed by atoms with Crippen LogP contribution >= 0.6 is 0 Å². The second kappa shape index (κ2) is 7.33. The first kappa shape index (κ1) is 17.3. The molecule has 1 atom stereocenters. The van der Waals surface area contributed by atoms with Crippen molar-refractivity contribution in [1.29, 1.82) is 0 Å². The molecule has 0 heterocycles. The predicted molar refractivity (Wildman–Crippen MR) is 79.7 cm³/mol. The Labute approximate surface area is 127 Å². The first-order valence-electron chi connectivity index (χ1n) is 6.57. The van der Waals surface area contributed by atoms with Crippen molar-refractivity contribution >= 4 is 17.7 Å². The van der Waals surface area contributed by atoms with Gasteiger partial charge < -0.3 is 15.2 Å². The van der Waals surface area contributed by atoms with Crippen LogP contribution in [0.3, 0.4) is 0 Å². The van der Waals surface area contributed by atoms with E-state index >= 15 is 0 Å². The zero-order valence-corrected chi connectivity index (χ0v) is 12.6. The molecule has 8 nitrogen and oxygen atoms in total. The lowest BCUT2D eigenvalue weighted by Crippen LogP contribution is -2.44. The lowest BCUT2D eigenvalue weighted by atomic mass is 10.1. The van der Waals surface area contributed by atoms with E-state index in [0.29, 0.717) is 11.3 Å². The van der Waals surface area contributed by atoms with Crippen LogP contribution in [0.15, 0.2) is 29.4 Å². The van der Waals surface area contributed by atoms with Gasteiger partial charge in [0.15, 0.2) is 0 Å². The zero-order valence-electron chi connectivity index (χ0n) is 12.6. The maximum absolute atomic E-state index is 11.7. The van der Waals surface area contributed by atoms with Crippen LogP contribution in [0.4, 0.5) is 10.5 Å². The molecule has 8 heteroatoms. The minimum atomic E-state index is -1.16. The minimum absolute atomic E-state index is 0.0884. The number of alkyl carbamates (subject to hydrolysis) is 1. The normalized spacial score (nSPS) is 12.0. The van der Waals surface area contributed by atoms with E-state index in [1.54, 1.807) is 45.0 Å². The van der Waals surface area contributed by atoms with E-state index in [-0.39, 0.29) is 6.42 Å². The van der Waals surface area contributed by atoms with Gasteiger partial charge in [-0.2, -0.15) is 0 Å². The second-order valence-corrected chi connectivity index (χ2v) is 5.60. The van der Waals surface area contributed by atoms with E-state index in [1.165, 1.54) is 0 Å². The van der Waals surface area contributed by atoms with Crippen LogP contribution in [0.1, 0.15) is 26.3 Å². The number of nitrogens with zero attached hydrogens (tertiary/aromatic N) is 3. The molecule has 1 aromatic rings. The fourth-order valence-electron chi connectivity index (χ4n) is 1.64. The van der Waals surface area contributed by atoms with E-state index in [0.717, 1.165) is 0 Å². The van der Waals surface area contributed by atoms with Gasteiger partial charge in [0.25, 0.3) is 0 Å². The van der Waals surface area contributed by atoms with Gasteiger partial charge in [0, 0.05) is 17.0 Å². The van der Waals surface area contributed by atoms with Crippen LogP contribution in [0.25, 0.3) is 10.4 Å². The van der Waals surface area contributed by atoms with Gasteiger partial charge in [-0.1, -0.05) is 29.4 Å². The first-order chi connectivity index (χ1) is 10.2. The van der Waals surface area contributed by atoms with E-state index in [2.05, 4.69) is 15.3 Å². The van der Waals surface area contributed by atoms with E-state index < -0.39 is 23.7 Å². The summed E-state index contributed by atoms with van der Waals surface area (Å²) in [6.45, 7) is 5.07. The molecule has 0 spiro atoms. The first-order valence-corrected chi connectivity index (χ1v) is 6.57. The number of aliphatic carboxylic acids is 1. The molecule has 22 heavy (non-hydrogen) atoms. The number of carboxylic acids is 1. The van der Waals surface area contributed by atoms with Gasteiger partial charge in [0.2, 0.25) is 0 Å². The molecule has 0 aliphatic heterocycles. The fraction of sp³-hybridized carbons (Fsp3) is 0.429. The van der Waals surface area contributed by atoms with Gasteiger partial charge in [0.1, 0.15) is 11.6 Å². The molecule has 1 amide bonds. The summed E-state index contributed by atoms with van der Waals surface area (Å²) in [4.78, 5) is 25.5. The molecule has 0 saturated heterocycles. The summed E-state index contributed by atoms with van der Waals surface area (Å²) in [5, 5.41) is 14.9. The molecule has 0 aliphatic carbocycles. The molecular formula is C14H18N4O4. The number of carbonyl (C=O) groups is 2. The Hall–Kier alpha value is -2.73. The molecule has 0 aliphatic rings. The van der Waals surface area contributed by atoms with Crippen molar-refractivity contribution in [2.24, 2.45) is 5.11 Å². The summed E-state index contributed by atoms with van der Waals surface area (Å²) < 4.78 is 5.04. The molecule has 0 fully saturated rings. The van der Waals surface area contributed by atoms with Crippen molar-refractivity contribution in [3.8, 4) is 0 Å². The summed E-state index contributed by atoms with van der Waals surface area (Å²) in [5.41, 5.74) is 8.72. The summed E-state index contributed by atoms with van der Waals surface area (Å²) in [6.07, 6.45) is -0.698. The Morgan fingerprint density at radius 3 is 2.41 bits per heavy atom. The number of hydrogen-bond acceptors (Lipinski definition) is 4. The SMILES string of the molecule is CC(C)(C)OC(=O)N[C@@H](Cc1ccc(N=[N+]=[N-])cc1)C(=O)O. The van der Waals surface area contributed by atoms with Crippen molar-refractivity contribution in [3.05, 3.63) is 40.3 Å². The van der Waals surface area contributed by atoms with Gasteiger partial charge >= 0.3 is 12.1 Å². The third kappa shape index (κ3) is 6.15. The minimum Gasteiger partial charge on any atom is -0.480 e. The van der Waals surface area contributed by atoms with Crippen LogP contribution in [-0.2, 0) is 16.0 Å². The highest BCUT2D eigenvalue weighted by Crippen LogP contribution is 2.14. The monoisotopic (exact) mass is 306 g/mol. The molecule has 0 saturated carbocycles. The number of carbonyl (C=O) groups excluding carboxylic acids is 1. The quantitative estimate of drug-likeness (QED) is 0.492. The summed E-state index contributed by atoms with van der Waals surface area (Å²) in [6, 6.07) is 5.30. The van der Waals surface area contributed by atoms with Crippen LogP contribution in [0, 0.1) is 0 Å². The van der Waals surface area contributed by atoms with Gasteiger partial charge in [-0.25, -0.2) is 9.59 Å². The number of amides is 1. The fourth-order valence-corrected chi connectivity index (χ4v) is 1.64. The number of hydrogen-bond donors (Lipinski definition) is 2. The van der Waals surface area contributed by atoms with E-state index in [4.69, 9.17) is 10.3 Å². The molecule has 0 unspecified atom stereocenters. The van der Waals surface area contributed by atoms with Crippen molar-refractivity contribution in [2.75, 3.05) is 0 Å². The molecule has 0 bridgehead atoms. The average molecular weight is 306 g/mol. The summed E-state index contributed by atoms with van der Waals surface area (Å²) in [5.74, 6) is -1.16. The smallest absolute Gasteiger partial charge is 0.408 e. The van der Waals surface area contributed by atoms with E-state index in [1.807, 2.05) is 0 Å². The Morgan fingerprint density at radius 1 is 1.36 bits per heavy atom. The zero-order chi connectivity index (χ0) is 16.8. The van der Waals surface area contributed by atoms with Crippen LogP contribution in [0.5, 0.6) is 0 Å². The van der Waals surface area contributed by atoms with Gasteiger partial charge in [-0.3, -0.25) is 0 Å². The lowest BCUT2D eigenvalue weighted by molar-refractivity contribution is -0.139. The molecule has 2 N–H and O–H groups in total. The molecule has 1 rings (SSSR count). The second-order valence-electron chi connectivity index (χ2n) is 5.60. The molecular weight excluding hydrogens is 288 g/mol. The maximum Gasteiger partial charge on any atom is 0.408 e. The third-order valence-electron chi connectivity index (χ3n) is 2.53. The number of ether oxygens (including phenoxy) is 1. The summed E-state index contributed by atoms with van der Waals surface area (Å²) in [7, 11) is 0. The highest BCUT2D eigenvalue weighted by atomic mass is 16.6. The van der Waals surface area contributed by atoms with Gasteiger partial charge in [0.05, 0.1) is 0 Å². The summed E-state index contributed by atoms with van der Waals surface area (Å²) >= 11 is 0. The third-order valence-corrected chi connectivity index (χ3v) is 2.53. The lowest BCUT2D eigenvalue weighted by Gasteiger charge is -2.22. The number of rotatable bonds is 5. The van der Waals surface area contributed by atoms with Crippen molar-refractivity contribution < 1.29 is 19.4 Å². The number of nitrogens with one attached hydrogen (secondary N) is 1. The number of carboxylic acid groups (broad SMARTS) is 1.